The second-order valence-electron chi connectivity index (χ2n) is 7.07. The van der Waals surface area contributed by atoms with Crippen LogP contribution in [0.25, 0.3) is 11.1 Å². The van der Waals surface area contributed by atoms with Crippen LogP contribution in [0.5, 0.6) is 0 Å². The molecule has 2 aliphatic rings. The van der Waals surface area contributed by atoms with Crippen LogP contribution in [0.2, 0.25) is 0 Å². The number of rotatable bonds is 2. The Bertz CT molecular complexity index is 779. The van der Waals surface area contributed by atoms with Gasteiger partial charge in [0.15, 0.2) is 0 Å². The quantitative estimate of drug-likeness (QED) is 0.880. The van der Waals surface area contributed by atoms with Gasteiger partial charge in [-0.1, -0.05) is 6.07 Å². The predicted molar refractivity (Wildman–Crippen MR) is 97.1 cm³/mol. The van der Waals surface area contributed by atoms with Crippen LogP contribution in [0.15, 0.2) is 30.6 Å². The van der Waals surface area contributed by atoms with Gasteiger partial charge in [-0.2, -0.15) is 5.10 Å². The molecule has 1 atom stereocenters. The average molecular weight is 340 g/mol. The molecule has 25 heavy (non-hydrogen) atoms. The van der Waals surface area contributed by atoms with Gasteiger partial charge in [-0.05, 0) is 69.0 Å². The highest BCUT2D eigenvalue weighted by Gasteiger charge is 2.28. The van der Waals surface area contributed by atoms with E-state index in [0.29, 0.717) is 6.04 Å². The number of fused-ring (bicyclic) bond motifs is 1. The fraction of sp³-hybridized carbons (Fsp3) is 0.474. The number of benzene rings is 1. The Hall–Kier alpha value is -2.34. The Morgan fingerprint density at radius 3 is 2.80 bits per heavy atom. The van der Waals surface area contributed by atoms with Gasteiger partial charge in [-0.25, -0.2) is 4.79 Å². The van der Waals surface area contributed by atoms with Gasteiger partial charge >= 0.3 is 6.09 Å². The summed E-state index contributed by atoms with van der Waals surface area (Å²) >= 11 is 0. The number of amides is 1. The molecule has 0 radical (unpaired) electrons. The maximum Gasteiger partial charge on any atom is 0.412 e. The highest BCUT2D eigenvalue weighted by Crippen LogP contribution is 2.34. The predicted octanol–water partition coefficient (Wildman–Crippen LogP) is 3.29. The molecular formula is C19H24N4O2. The van der Waals surface area contributed by atoms with Crippen LogP contribution in [0.1, 0.15) is 37.8 Å². The SMILES string of the molecule is CC1CCc2cc(-c3cnn(C4CCNCC4)c3)ccc2N1C(=O)O. The van der Waals surface area contributed by atoms with E-state index in [9.17, 15) is 9.90 Å². The van der Waals surface area contributed by atoms with Gasteiger partial charge in [0.25, 0.3) is 0 Å². The first-order chi connectivity index (χ1) is 12.1. The van der Waals surface area contributed by atoms with Crippen molar-refractivity contribution in [2.75, 3.05) is 18.0 Å². The second kappa shape index (κ2) is 6.52. The summed E-state index contributed by atoms with van der Waals surface area (Å²) in [5, 5.41) is 17.4. The van der Waals surface area contributed by atoms with Crippen LogP contribution in [-0.2, 0) is 6.42 Å². The minimum absolute atomic E-state index is 0.0264. The smallest absolute Gasteiger partial charge is 0.412 e. The van der Waals surface area contributed by atoms with Crippen molar-refractivity contribution in [2.24, 2.45) is 0 Å². The van der Waals surface area contributed by atoms with Crippen LogP contribution in [-0.4, -0.2) is 40.1 Å². The van der Waals surface area contributed by atoms with Gasteiger partial charge in [-0.3, -0.25) is 9.58 Å². The molecule has 1 unspecified atom stereocenters. The normalized spacial score (nSPS) is 21.2. The van der Waals surface area contributed by atoms with Crippen LogP contribution in [0.3, 0.4) is 0 Å². The molecule has 1 amide bonds. The third-order valence-corrected chi connectivity index (χ3v) is 5.43. The Morgan fingerprint density at radius 2 is 2.04 bits per heavy atom. The lowest BCUT2D eigenvalue weighted by atomic mass is 9.94. The molecule has 0 saturated carbocycles. The maximum atomic E-state index is 11.6. The summed E-state index contributed by atoms with van der Waals surface area (Å²) in [5.74, 6) is 0. The summed E-state index contributed by atoms with van der Waals surface area (Å²) in [6, 6.07) is 6.57. The first kappa shape index (κ1) is 16.1. The van der Waals surface area contributed by atoms with Gasteiger partial charge in [0.2, 0.25) is 0 Å². The van der Waals surface area contributed by atoms with Gasteiger partial charge in [0.1, 0.15) is 0 Å². The van der Waals surface area contributed by atoms with E-state index < -0.39 is 6.09 Å². The fourth-order valence-electron chi connectivity index (χ4n) is 3.98. The van der Waals surface area contributed by atoms with Crippen molar-refractivity contribution < 1.29 is 9.90 Å². The Balaban J connectivity index is 1.62. The summed E-state index contributed by atoms with van der Waals surface area (Å²) < 4.78 is 2.08. The van der Waals surface area contributed by atoms with Crippen LogP contribution < -0.4 is 10.2 Å². The van der Waals surface area contributed by atoms with Crippen LogP contribution in [0.4, 0.5) is 10.5 Å². The Labute approximate surface area is 147 Å². The maximum absolute atomic E-state index is 11.6. The topological polar surface area (TPSA) is 70.4 Å². The highest BCUT2D eigenvalue weighted by atomic mass is 16.4. The highest BCUT2D eigenvalue weighted by molar-refractivity contribution is 5.89. The molecule has 3 heterocycles. The number of nitrogens with zero attached hydrogens (tertiary/aromatic N) is 3. The minimum atomic E-state index is -0.875. The average Bonchev–Trinajstić information content (AvgIpc) is 3.12. The van der Waals surface area contributed by atoms with E-state index in [0.717, 1.165) is 61.2 Å². The van der Waals surface area contributed by atoms with Crippen molar-refractivity contribution >= 4 is 11.8 Å². The largest absolute Gasteiger partial charge is 0.465 e. The first-order valence-corrected chi connectivity index (χ1v) is 9.04. The molecule has 4 rings (SSSR count). The molecular weight excluding hydrogens is 316 g/mol. The zero-order valence-corrected chi connectivity index (χ0v) is 14.5. The number of anilines is 1. The molecule has 0 bridgehead atoms. The van der Waals surface area contributed by atoms with E-state index in [2.05, 4.69) is 27.4 Å². The summed E-state index contributed by atoms with van der Waals surface area (Å²) in [4.78, 5) is 13.1. The van der Waals surface area contributed by atoms with Crippen LogP contribution in [0, 0.1) is 0 Å². The van der Waals surface area contributed by atoms with E-state index in [1.54, 1.807) is 0 Å². The monoisotopic (exact) mass is 340 g/mol. The van der Waals surface area contributed by atoms with Crippen molar-refractivity contribution in [2.45, 2.75) is 44.7 Å². The number of piperidine rings is 1. The fourth-order valence-corrected chi connectivity index (χ4v) is 3.98. The molecule has 2 aromatic rings. The minimum Gasteiger partial charge on any atom is -0.465 e. The zero-order valence-electron chi connectivity index (χ0n) is 14.5. The summed E-state index contributed by atoms with van der Waals surface area (Å²) in [5.41, 5.74) is 4.13. The molecule has 1 aromatic carbocycles. The van der Waals surface area contributed by atoms with E-state index in [1.807, 2.05) is 25.3 Å². The lowest BCUT2D eigenvalue weighted by Crippen LogP contribution is -2.41. The standard InChI is InChI=1S/C19H24N4O2/c1-13-2-3-15-10-14(4-5-18(15)23(13)19(24)25)16-11-21-22(12-16)17-6-8-20-9-7-17/h4-5,10-13,17,20H,2-3,6-9H2,1H3,(H,24,25). The molecule has 6 nitrogen and oxygen atoms in total. The molecule has 1 saturated heterocycles. The Morgan fingerprint density at radius 1 is 1.24 bits per heavy atom. The number of aryl methyl sites for hydroxylation is 1. The van der Waals surface area contributed by atoms with Gasteiger partial charge in [0.05, 0.1) is 17.9 Å². The zero-order chi connectivity index (χ0) is 17.4. The van der Waals surface area contributed by atoms with E-state index >= 15 is 0 Å². The van der Waals surface area contributed by atoms with Crippen molar-refractivity contribution in [1.29, 1.82) is 0 Å². The molecule has 2 N–H and O–H groups in total. The summed E-state index contributed by atoms with van der Waals surface area (Å²) in [7, 11) is 0. The molecule has 1 aromatic heterocycles. The number of hydrogen-bond donors (Lipinski definition) is 2. The molecule has 1 fully saturated rings. The number of hydrogen-bond acceptors (Lipinski definition) is 3. The molecule has 0 aliphatic carbocycles. The van der Waals surface area contributed by atoms with Gasteiger partial charge in [-0.15, -0.1) is 0 Å². The van der Waals surface area contributed by atoms with Crippen molar-refractivity contribution in [3.8, 4) is 11.1 Å². The number of carboxylic acid groups (broad SMARTS) is 1. The van der Waals surface area contributed by atoms with Crippen molar-refractivity contribution in [3.63, 3.8) is 0 Å². The number of aromatic nitrogens is 2. The van der Waals surface area contributed by atoms with E-state index in [4.69, 9.17) is 0 Å². The molecule has 6 heteroatoms. The van der Waals surface area contributed by atoms with E-state index in [-0.39, 0.29) is 6.04 Å². The third kappa shape index (κ3) is 3.02. The molecule has 132 valence electrons. The summed E-state index contributed by atoms with van der Waals surface area (Å²) in [6.45, 7) is 4.05. The Kier molecular flexibility index (Phi) is 4.21. The van der Waals surface area contributed by atoms with Crippen molar-refractivity contribution in [3.05, 3.63) is 36.2 Å². The lowest BCUT2D eigenvalue weighted by Gasteiger charge is -2.33. The number of nitrogens with one attached hydrogen (secondary N) is 1. The first-order valence-electron chi connectivity index (χ1n) is 9.04. The molecule has 2 aliphatic heterocycles. The van der Waals surface area contributed by atoms with Crippen molar-refractivity contribution in [1.82, 2.24) is 15.1 Å². The van der Waals surface area contributed by atoms with E-state index in [1.165, 1.54) is 4.90 Å². The van der Waals surface area contributed by atoms with Crippen LogP contribution >= 0.6 is 0 Å². The second-order valence-corrected chi connectivity index (χ2v) is 7.07. The third-order valence-electron chi connectivity index (χ3n) is 5.43. The van der Waals surface area contributed by atoms with Gasteiger partial charge < -0.3 is 10.4 Å². The lowest BCUT2D eigenvalue weighted by molar-refractivity contribution is 0.198. The van der Waals surface area contributed by atoms with Gasteiger partial charge in [0, 0.05) is 17.8 Å². The number of carbonyl (C=O) groups is 1. The summed E-state index contributed by atoms with van der Waals surface area (Å²) in [6.07, 6.45) is 7.16. The molecule has 0 spiro atoms.